The Kier molecular flexibility index (Phi) is 9.81. The molecule has 42 heavy (non-hydrogen) atoms. The van der Waals surface area contributed by atoms with Crippen LogP contribution in [0.3, 0.4) is 0 Å². The number of hydrogen-bond donors (Lipinski definition) is 4. The van der Waals surface area contributed by atoms with Crippen LogP contribution >= 0.6 is 11.3 Å². The first kappa shape index (κ1) is 30.4. The van der Waals surface area contributed by atoms with Crippen molar-refractivity contribution < 1.29 is 27.9 Å². The second-order valence-corrected chi connectivity index (χ2v) is 14.2. The van der Waals surface area contributed by atoms with E-state index < -0.39 is 28.2 Å². The van der Waals surface area contributed by atoms with Crippen LogP contribution in [0.5, 0.6) is 0 Å². The number of hydrogen-bond acceptors (Lipinski definition) is 8. The monoisotopic (exact) mass is 621 g/mol. The van der Waals surface area contributed by atoms with Crippen LogP contribution in [0.4, 0.5) is 4.79 Å². The van der Waals surface area contributed by atoms with Gasteiger partial charge in [0.05, 0.1) is 25.3 Å². The van der Waals surface area contributed by atoms with Gasteiger partial charge in [-0.2, -0.15) is 9.40 Å². The Morgan fingerprint density at radius 1 is 1.10 bits per heavy atom. The number of carbonyl (C=O) groups is 3. The van der Waals surface area contributed by atoms with Gasteiger partial charge in [-0.3, -0.25) is 14.7 Å². The lowest BCUT2D eigenvalue weighted by Gasteiger charge is -2.44. The summed E-state index contributed by atoms with van der Waals surface area (Å²) in [6, 6.07) is 2.39. The van der Waals surface area contributed by atoms with Gasteiger partial charge in [0.15, 0.2) is 0 Å². The highest BCUT2D eigenvalue weighted by atomic mass is 32.2. The molecule has 1 saturated carbocycles. The van der Waals surface area contributed by atoms with Crippen molar-refractivity contribution in [2.45, 2.75) is 74.5 Å². The fourth-order valence-electron chi connectivity index (χ4n) is 6.24. The number of rotatable bonds is 9. The van der Waals surface area contributed by atoms with E-state index in [0.29, 0.717) is 19.4 Å². The number of aromatic amines is 1. The normalized spacial score (nSPS) is 22.1. The fraction of sp³-hybridized carbons (Fsp3) is 0.630. The first-order valence-electron chi connectivity index (χ1n) is 14.6. The van der Waals surface area contributed by atoms with Crippen LogP contribution in [0.1, 0.15) is 49.8 Å². The summed E-state index contributed by atoms with van der Waals surface area (Å²) in [5, 5.41) is 24.4. The molecule has 0 unspecified atom stereocenters. The number of carboxylic acid groups (broad SMARTS) is 1. The summed E-state index contributed by atoms with van der Waals surface area (Å²) in [4.78, 5) is 43.3. The Bertz CT molecular complexity index is 1310. The third-order valence-electron chi connectivity index (χ3n) is 8.62. The van der Waals surface area contributed by atoms with Gasteiger partial charge in [0, 0.05) is 43.3 Å². The molecule has 0 bridgehead atoms. The van der Waals surface area contributed by atoms with Crippen LogP contribution in [-0.2, 0) is 26.2 Å². The minimum Gasteiger partial charge on any atom is -0.465 e. The fourth-order valence-corrected chi connectivity index (χ4v) is 8.26. The third kappa shape index (κ3) is 6.96. The predicted molar refractivity (Wildman–Crippen MR) is 155 cm³/mol. The topological polar surface area (TPSA) is 168 Å². The first-order valence-corrected chi connectivity index (χ1v) is 16.9. The molecule has 2 atom stereocenters. The average molecular weight is 622 g/mol. The number of thiophene rings is 1. The quantitative estimate of drug-likeness (QED) is 0.328. The summed E-state index contributed by atoms with van der Waals surface area (Å²) >= 11 is 1.51. The number of nitrogens with one attached hydrogen (secondary N) is 3. The molecule has 2 aromatic heterocycles. The first-order chi connectivity index (χ1) is 20.2. The van der Waals surface area contributed by atoms with Gasteiger partial charge < -0.3 is 25.5 Å². The minimum atomic E-state index is -3.68. The van der Waals surface area contributed by atoms with E-state index in [9.17, 15) is 27.9 Å². The zero-order valence-electron chi connectivity index (χ0n) is 23.5. The van der Waals surface area contributed by atoms with Crippen LogP contribution in [-0.4, -0.2) is 107 Å². The van der Waals surface area contributed by atoms with Crippen LogP contribution in [0, 0.1) is 5.92 Å². The van der Waals surface area contributed by atoms with E-state index in [4.69, 9.17) is 0 Å². The van der Waals surface area contributed by atoms with Crippen LogP contribution in [0.15, 0.2) is 34.8 Å². The largest absolute Gasteiger partial charge is 0.465 e. The molecule has 3 fully saturated rings. The minimum absolute atomic E-state index is 0.102. The molecule has 4 heterocycles. The van der Waals surface area contributed by atoms with E-state index in [1.807, 2.05) is 17.5 Å². The molecule has 0 radical (unpaired) electrons. The third-order valence-corrected chi connectivity index (χ3v) is 11.4. The van der Waals surface area contributed by atoms with Gasteiger partial charge in [0.2, 0.25) is 21.8 Å². The molecule has 2 aliphatic heterocycles. The molecule has 4 N–H and O–H groups in total. The lowest BCUT2D eigenvalue weighted by molar-refractivity contribution is -0.146. The lowest BCUT2D eigenvalue weighted by Crippen LogP contribution is -2.65. The van der Waals surface area contributed by atoms with Crippen LogP contribution in [0.25, 0.3) is 0 Å². The highest BCUT2D eigenvalue weighted by Crippen LogP contribution is 2.29. The molecule has 0 aromatic carbocycles. The number of amides is 3. The Morgan fingerprint density at radius 2 is 1.86 bits per heavy atom. The highest BCUT2D eigenvalue weighted by Gasteiger charge is 2.43. The summed E-state index contributed by atoms with van der Waals surface area (Å²) < 4.78 is 27.5. The molecule has 15 heteroatoms. The Balaban J connectivity index is 1.33. The predicted octanol–water partition coefficient (Wildman–Crippen LogP) is 1.67. The number of piperidine rings is 1. The Hall–Kier alpha value is -3.01. The molecular formula is C27H39N7O6S2. The molecule has 13 nitrogen and oxygen atoms in total. The van der Waals surface area contributed by atoms with E-state index in [-0.39, 0.29) is 61.4 Å². The summed E-state index contributed by atoms with van der Waals surface area (Å²) in [5.41, 5.74) is 0. The molecule has 0 spiro atoms. The van der Waals surface area contributed by atoms with Crippen molar-refractivity contribution in [2.75, 3.05) is 32.7 Å². The van der Waals surface area contributed by atoms with Crippen molar-refractivity contribution in [3.8, 4) is 0 Å². The number of aromatic nitrogens is 2. The van der Waals surface area contributed by atoms with Crippen LogP contribution < -0.4 is 10.6 Å². The van der Waals surface area contributed by atoms with Gasteiger partial charge in [0.25, 0.3) is 0 Å². The van der Waals surface area contributed by atoms with E-state index in [1.165, 1.54) is 37.8 Å². The van der Waals surface area contributed by atoms with Gasteiger partial charge in [-0.1, -0.05) is 25.3 Å². The van der Waals surface area contributed by atoms with Gasteiger partial charge in [-0.15, -0.1) is 11.3 Å². The Morgan fingerprint density at radius 3 is 2.50 bits per heavy atom. The maximum absolute atomic E-state index is 14.3. The van der Waals surface area contributed by atoms with E-state index in [1.54, 1.807) is 0 Å². The van der Waals surface area contributed by atoms with E-state index in [0.717, 1.165) is 37.0 Å². The average Bonchev–Trinajstić information content (AvgIpc) is 3.74. The summed E-state index contributed by atoms with van der Waals surface area (Å²) in [6.45, 7) is 0.966. The molecule has 3 aliphatic rings. The van der Waals surface area contributed by atoms with Crippen molar-refractivity contribution in [3.63, 3.8) is 0 Å². The number of sulfonamides is 1. The van der Waals surface area contributed by atoms with Crippen molar-refractivity contribution in [2.24, 2.45) is 5.92 Å². The number of piperazine rings is 1. The van der Waals surface area contributed by atoms with Crippen molar-refractivity contribution in [3.05, 3.63) is 34.8 Å². The van der Waals surface area contributed by atoms with Gasteiger partial charge in [-0.05, 0) is 43.0 Å². The summed E-state index contributed by atoms with van der Waals surface area (Å²) in [7, 11) is -3.68. The molecule has 2 saturated heterocycles. The Labute approximate surface area is 249 Å². The van der Waals surface area contributed by atoms with E-state index in [2.05, 4.69) is 20.8 Å². The zero-order valence-corrected chi connectivity index (χ0v) is 25.1. The maximum atomic E-state index is 14.3. The molecule has 5 rings (SSSR count). The van der Waals surface area contributed by atoms with Crippen molar-refractivity contribution in [1.29, 1.82) is 0 Å². The molecule has 3 amide bonds. The van der Waals surface area contributed by atoms with E-state index >= 15 is 0 Å². The molecule has 2 aromatic rings. The maximum Gasteiger partial charge on any atom is 0.407 e. The van der Waals surface area contributed by atoms with Gasteiger partial charge in [-0.25, -0.2) is 13.2 Å². The lowest BCUT2D eigenvalue weighted by atomic mass is 9.86. The SMILES string of the molecule is O=C(NCc1cccs1)[C@@H]1CN(C(=O)O)CCN1C(=O)[C@H](NC1CCCCC1)C1CCN(S(=O)(=O)c2cn[nH]c2)CC1. The summed E-state index contributed by atoms with van der Waals surface area (Å²) in [6.07, 6.45) is 7.71. The second kappa shape index (κ2) is 13.5. The van der Waals surface area contributed by atoms with Gasteiger partial charge in [0.1, 0.15) is 10.9 Å². The number of H-pyrrole nitrogens is 1. The van der Waals surface area contributed by atoms with Crippen molar-refractivity contribution >= 4 is 39.3 Å². The zero-order chi connectivity index (χ0) is 29.7. The van der Waals surface area contributed by atoms with Crippen molar-refractivity contribution in [1.82, 2.24) is 34.9 Å². The number of carbonyl (C=O) groups excluding carboxylic acids is 2. The molecule has 230 valence electrons. The smallest absolute Gasteiger partial charge is 0.407 e. The standard InChI is InChI=1S/C27H39N7O6S2/c35-25(28-15-21-7-4-14-41-21)23-18-32(27(37)38)12-13-34(23)26(36)24(31-20-5-2-1-3-6-20)19-8-10-33(11-9-19)42(39,40)22-16-29-30-17-22/h4,7,14,16-17,19-20,23-24,31H,1-3,5-6,8-13,15,18H2,(H,28,35)(H,29,30)(H,37,38)/t23-,24+/m0/s1. The van der Waals surface area contributed by atoms with Gasteiger partial charge >= 0.3 is 6.09 Å². The number of nitrogens with zero attached hydrogens (tertiary/aromatic N) is 4. The highest BCUT2D eigenvalue weighted by molar-refractivity contribution is 7.89. The second-order valence-electron chi connectivity index (χ2n) is 11.2. The molecule has 1 aliphatic carbocycles. The summed E-state index contributed by atoms with van der Waals surface area (Å²) in [5.74, 6) is -0.749. The van der Waals surface area contributed by atoms with Crippen LogP contribution in [0.2, 0.25) is 0 Å². The molecular weight excluding hydrogens is 582 g/mol.